The first-order valence-corrected chi connectivity index (χ1v) is 11.0. The van der Waals surface area contributed by atoms with Crippen molar-refractivity contribution in [2.24, 2.45) is 5.73 Å². The predicted molar refractivity (Wildman–Crippen MR) is 127 cm³/mol. The van der Waals surface area contributed by atoms with Crippen LogP contribution >= 0.6 is 23.2 Å². The Kier molecular flexibility index (Phi) is 6.19. The average Bonchev–Trinajstić information content (AvgIpc) is 3.07. The molecule has 0 aliphatic heterocycles. The number of hydrogen-bond donors (Lipinski definition) is 2. The molecule has 2 aromatic heterocycles. The summed E-state index contributed by atoms with van der Waals surface area (Å²) >= 11 is 12.9. The lowest BCUT2D eigenvalue weighted by Gasteiger charge is -2.12. The van der Waals surface area contributed by atoms with Gasteiger partial charge in [-0.2, -0.15) is 0 Å². The molecule has 0 fully saturated rings. The normalized spacial score (nSPS) is 11.5. The first kappa shape index (κ1) is 21.0. The van der Waals surface area contributed by atoms with Crippen molar-refractivity contribution in [1.82, 2.24) is 9.97 Å². The summed E-state index contributed by atoms with van der Waals surface area (Å²) in [6.07, 6.45) is 2.84. The first-order chi connectivity index (χ1) is 14.5. The first-order valence-electron chi connectivity index (χ1n) is 10.3. The minimum atomic E-state index is 0.592. The number of fused-ring (bicyclic) bond motifs is 2. The van der Waals surface area contributed by atoms with Crippen LogP contribution in [0.1, 0.15) is 31.0 Å². The van der Waals surface area contributed by atoms with Crippen LogP contribution < -0.4 is 10.5 Å². The van der Waals surface area contributed by atoms with Gasteiger partial charge in [0.05, 0.1) is 22.8 Å². The van der Waals surface area contributed by atoms with Gasteiger partial charge in [-0.1, -0.05) is 29.3 Å². The molecule has 4 aromatic rings. The second-order valence-electron chi connectivity index (χ2n) is 7.43. The van der Waals surface area contributed by atoms with E-state index >= 15 is 0 Å². The zero-order valence-corrected chi connectivity index (χ0v) is 18.7. The number of nitrogens with two attached hydrogens (primary N) is 1. The lowest BCUT2D eigenvalue weighted by Crippen LogP contribution is -2.00. The Hall–Kier alpha value is -2.27. The molecule has 0 amide bonds. The van der Waals surface area contributed by atoms with E-state index in [-0.39, 0.29) is 0 Å². The van der Waals surface area contributed by atoms with Gasteiger partial charge < -0.3 is 15.5 Å². The van der Waals surface area contributed by atoms with Crippen LogP contribution in [0.15, 0.2) is 36.4 Å². The molecule has 2 aromatic carbocycles. The topological polar surface area (TPSA) is 63.9 Å². The van der Waals surface area contributed by atoms with E-state index < -0.39 is 0 Å². The number of aromatic nitrogens is 2. The van der Waals surface area contributed by atoms with E-state index in [1.54, 1.807) is 6.07 Å². The molecule has 0 aliphatic rings. The number of benzene rings is 2. The van der Waals surface area contributed by atoms with Crippen molar-refractivity contribution in [2.75, 3.05) is 13.2 Å². The lowest BCUT2D eigenvalue weighted by atomic mass is 9.97. The number of halogens is 2. The quantitative estimate of drug-likeness (QED) is 0.314. The molecule has 0 atom stereocenters. The van der Waals surface area contributed by atoms with Gasteiger partial charge in [0.25, 0.3) is 0 Å². The number of nitrogens with zero attached hydrogens (tertiary/aromatic N) is 1. The van der Waals surface area contributed by atoms with Gasteiger partial charge >= 0.3 is 0 Å². The number of hydrogen-bond acceptors (Lipinski definition) is 3. The molecular weight excluding hydrogens is 417 g/mol. The third kappa shape index (κ3) is 3.87. The third-order valence-corrected chi connectivity index (χ3v) is 5.86. The largest absolute Gasteiger partial charge is 0.492 e. The number of aromatic amines is 1. The molecule has 0 bridgehead atoms. The summed E-state index contributed by atoms with van der Waals surface area (Å²) in [4.78, 5) is 8.34. The van der Waals surface area contributed by atoms with Crippen molar-refractivity contribution in [1.29, 1.82) is 0 Å². The molecule has 2 heterocycles. The van der Waals surface area contributed by atoms with Gasteiger partial charge in [-0.15, -0.1) is 0 Å². The highest BCUT2D eigenvalue weighted by molar-refractivity contribution is 6.38. The highest BCUT2D eigenvalue weighted by atomic mass is 35.5. The standard InChI is InChI=1S/C24H25Cl2N3O/c1-3-30-21-10-9-17(18-8-7-14(2)28-24(18)21)22-16(6-4-5-11-27)19-12-15(25)13-20(26)23(19)29-22/h7-10,12-13,29H,3-6,11,27H2,1-2H3. The molecule has 0 saturated heterocycles. The van der Waals surface area contributed by atoms with Crippen molar-refractivity contribution >= 4 is 45.0 Å². The van der Waals surface area contributed by atoms with Gasteiger partial charge in [0.15, 0.2) is 0 Å². The van der Waals surface area contributed by atoms with Crippen LogP contribution in [-0.4, -0.2) is 23.1 Å². The zero-order chi connectivity index (χ0) is 21.3. The Morgan fingerprint density at radius 1 is 1.07 bits per heavy atom. The van der Waals surface area contributed by atoms with Crippen molar-refractivity contribution in [3.8, 4) is 17.0 Å². The second kappa shape index (κ2) is 8.84. The summed E-state index contributed by atoms with van der Waals surface area (Å²) in [5.74, 6) is 0.793. The molecule has 0 radical (unpaired) electrons. The fourth-order valence-electron chi connectivity index (χ4n) is 3.99. The molecule has 6 heteroatoms. The van der Waals surface area contributed by atoms with Crippen LogP contribution in [0.2, 0.25) is 10.0 Å². The molecule has 0 saturated carbocycles. The molecule has 3 N–H and O–H groups in total. The van der Waals surface area contributed by atoms with Crippen LogP contribution in [0.3, 0.4) is 0 Å². The minimum absolute atomic E-state index is 0.592. The van der Waals surface area contributed by atoms with Gasteiger partial charge in [-0.3, -0.25) is 0 Å². The maximum Gasteiger partial charge on any atom is 0.145 e. The molecule has 0 aliphatic carbocycles. The Morgan fingerprint density at radius 2 is 1.90 bits per heavy atom. The maximum atomic E-state index is 6.53. The number of aryl methyl sites for hydroxylation is 2. The Bertz CT molecular complexity index is 1220. The zero-order valence-electron chi connectivity index (χ0n) is 17.2. The van der Waals surface area contributed by atoms with Gasteiger partial charge in [-0.25, -0.2) is 4.98 Å². The molecule has 30 heavy (non-hydrogen) atoms. The predicted octanol–water partition coefficient (Wildman–Crippen LogP) is 6.68. The van der Waals surface area contributed by atoms with Gasteiger partial charge in [0, 0.05) is 27.1 Å². The van der Waals surface area contributed by atoms with E-state index in [9.17, 15) is 0 Å². The van der Waals surface area contributed by atoms with Gasteiger partial charge in [0.2, 0.25) is 0 Å². The average molecular weight is 442 g/mol. The summed E-state index contributed by atoms with van der Waals surface area (Å²) < 4.78 is 5.84. The second-order valence-corrected chi connectivity index (χ2v) is 8.27. The SMILES string of the molecule is CCOc1ccc(-c2[nH]c3c(Cl)cc(Cl)cc3c2CCCCN)c2ccc(C)nc12. The summed E-state index contributed by atoms with van der Waals surface area (Å²) in [5.41, 5.74) is 11.8. The van der Waals surface area contributed by atoms with E-state index in [1.165, 1.54) is 5.56 Å². The number of rotatable bonds is 7. The number of pyridine rings is 1. The highest BCUT2D eigenvalue weighted by Gasteiger charge is 2.19. The molecule has 0 spiro atoms. The van der Waals surface area contributed by atoms with Crippen LogP contribution in [0, 0.1) is 6.92 Å². The Morgan fingerprint density at radius 3 is 2.67 bits per heavy atom. The molecule has 0 unspecified atom stereocenters. The van der Waals surface area contributed by atoms with Crippen LogP contribution in [0.5, 0.6) is 5.75 Å². The van der Waals surface area contributed by atoms with E-state index in [4.69, 9.17) is 38.7 Å². The lowest BCUT2D eigenvalue weighted by molar-refractivity contribution is 0.343. The van der Waals surface area contributed by atoms with E-state index in [1.807, 2.05) is 32.0 Å². The van der Waals surface area contributed by atoms with Gasteiger partial charge in [-0.05, 0) is 75.5 Å². The van der Waals surface area contributed by atoms with Crippen molar-refractivity contribution in [3.05, 3.63) is 57.7 Å². The van der Waals surface area contributed by atoms with Gasteiger partial charge in [0.1, 0.15) is 11.3 Å². The summed E-state index contributed by atoms with van der Waals surface area (Å²) in [6.45, 7) is 5.24. The molecule has 156 valence electrons. The Balaban J connectivity index is 1.99. The molecule has 4 nitrogen and oxygen atoms in total. The van der Waals surface area contributed by atoms with Crippen molar-refractivity contribution in [3.63, 3.8) is 0 Å². The third-order valence-electron chi connectivity index (χ3n) is 5.34. The number of nitrogens with one attached hydrogen (secondary N) is 1. The number of H-pyrrole nitrogens is 1. The molecule has 4 rings (SSSR count). The Labute approximate surface area is 186 Å². The monoisotopic (exact) mass is 441 g/mol. The molecular formula is C24H25Cl2N3O. The van der Waals surface area contributed by atoms with E-state index in [2.05, 4.69) is 17.1 Å². The van der Waals surface area contributed by atoms with Crippen LogP contribution in [0.4, 0.5) is 0 Å². The summed E-state index contributed by atoms with van der Waals surface area (Å²) in [7, 11) is 0. The minimum Gasteiger partial charge on any atom is -0.492 e. The van der Waals surface area contributed by atoms with Crippen molar-refractivity contribution < 1.29 is 4.74 Å². The fourth-order valence-corrected chi connectivity index (χ4v) is 4.53. The maximum absolute atomic E-state index is 6.53. The van der Waals surface area contributed by atoms with Crippen LogP contribution in [-0.2, 0) is 6.42 Å². The number of unbranched alkanes of at least 4 members (excludes halogenated alkanes) is 1. The van der Waals surface area contributed by atoms with Crippen molar-refractivity contribution in [2.45, 2.75) is 33.1 Å². The van der Waals surface area contributed by atoms with E-state index in [0.717, 1.165) is 63.8 Å². The fraction of sp³-hybridized carbons (Fsp3) is 0.292. The van der Waals surface area contributed by atoms with Crippen LogP contribution in [0.25, 0.3) is 33.1 Å². The van der Waals surface area contributed by atoms with E-state index in [0.29, 0.717) is 23.2 Å². The highest BCUT2D eigenvalue weighted by Crippen LogP contribution is 2.40. The smallest absolute Gasteiger partial charge is 0.145 e. The number of ether oxygens (including phenoxy) is 1. The summed E-state index contributed by atoms with van der Waals surface area (Å²) in [6, 6.07) is 12.0. The summed E-state index contributed by atoms with van der Waals surface area (Å²) in [5, 5.41) is 3.35.